The van der Waals surface area contributed by atoms with E-state index in [-0.39, 0.29) is 6.61 Å². The lowest BCUT2D eigenvalue weighted by atomic mass is 9.88. The lowest BCUT2D eigenvalue weighted by Gasteiger charge is -2.51. The summed E-state index contributed by atoms with van der Waals surface area (Å²) in [6.45, 7) is 4.72. The van der Waals surface area contributed by atoms with E-state index in [9.17, 15) is 95.5 Å². The summed E-state index contributed by atoms with van der Waals surface area (Å²) in [7, 11) is -1.89. The molecule has 4 aliphatic rings. The Hall–Kier alpha value is -3.23. The number of carbonyl (C=O) groups is 5. The van der Waals surface area contributed by atoms with Crippen molar-refractivity contribution >= 4 is 37.7 Å². The molecule has 0 saturated carbocycles. The first-order valence-electron chi connectivity index (χ1n) is 23.0. The van der Waals surface area contributed by atoms with Gasteiger partial charge in [0.15, 0.2) is 12.6 Å². The van der Waals surface area contributed by atoms with Gasteiger partial charge in [-0.15, -0.1) is 0 Å². The second-order valence-electron chi connectivity index (χ2n) is 19.4. The van der Waals surface area contributed by atoms with Crippen LogP contribution >= 0.6 is 0 Å². The average molecular weight is 1070 g/mol. The van der Waals surface area contributed by atoms with Crippen molar-refractivity contribution in [2.75, 3.05) is 33.0 Å². The first-order valence-corrected chi connectivity index (χ1v) is 26.7. The second kappa shape index (κ2) is 25.5. The Morgan fingerprint density at radius 2 is 1.08 bits per heavy atom. The number of hydrogen-bond donors (Lipinski definition) is 17. The topological polar surface area (TPSA) is 479 Å². The third-order valence-electron chi connectivity index (χ3n) is 12.5. The van der Waals surface area contributed by atoms with Crippen molar-refractivity contribution in [1.82, 2.24) is 16.0 Å². The molecule has 0 bridgehead atoms. The van der Waals surface area contributed by atoms with E-state index in [4.69, 9.17) is 37.9 Å². The van der Waals surface area contributed by atoms with E-state index in [0.29, 0.717) is 6.04 Å². The Kier molecular flexibility index (Phi) is 21.7. The smallest absolute Gasteiger partial charge is 0.364 e. The molecule has 31 heteroatoms. The molecule has 4 heterocycles. The molecular weight excluding hydrogens is 995 g/mol. The average Bonchev–Trinajstić information content (AvgIpc) is 3.29. The van der Waals surface area contributed by atoms with E-state index < -0.39 is 211 Å². The Bertz CT molecular complexity index is 1840. The summed E-state index contributed by atoms with van der Waals surface area (Å²) in [5.41, 5.74) is 0. The summed E-state index contributed by atoms with van der Waals surface area (Å²) in [4.78, 5) is 63.0. The molecule has 72 heavy (non-hydrogen) atoms. The molecule has 30 nitrogen and oxygen atoms in total. The van der Waals surface area contributed by atoms with Gasteiger partial charge < -0.3 is 125 Å². The number of carbonyl (C=O) groups excluding carboxylic acids is 3. The molecule has 17 N–H and O–H groups in total. The van der Waals surface area contributed by atoms with Crippen molar-refractivity contribution in [3.8, 4) is 0 Å². The Labute approximate surface area is 412 Å². The number of aliphatic hydroxyl groups is 12. The summed E-state index contributed by atoms with van der Waals surface area (Å²) in [5.74, 6) is -12.5. The Morgan fingerprint density at radius 3 is 1.53 bits per heavy atom. The van der Waals surface area contributed by atoms with Crippen LogP contribution in [0.5, 0.6) is 0 Å². The van der Waals surface area contributed by atoms with Gasteiger partial charge in [-0.3, -0.25) is 14.4 Å². The highest BCUT2D eigenvalue weighted by Gasteiger charge is 2.61. The highest BCUT2D eigenvalue weighted by Crippen LogP contribution is 2.40. The fraction of sp³-hybridized carbons (Fsp3) is 0.878. The van der Waals surface area contributed by atoms with Crippen LogP contribution in [0.3, 0.4) is 0 Å². The summed E-state index contributed by atoms with van der Waals surface area (Å²) in [6, 6.07) is -4.33. The Balaban J connectivity index is 1.75. The SMILES string of the molecule is CC(=O)N[C@H]1[C@H](OCC[Si](C)(C)C)O[C@H](CO[C@]2(C(=O)O)C[C@H](O)[C@@H](NC(C)=O)[C@H]([C@H](O)[C@H](O)CO)O2)[C@H](O)[C@@H]1O[C@@H]1O[C@H](CO)[C@H](O)[C@H](O[C@]2(C(=O)O)C[C@H](O)[C@@H](NC(C)=O)[C@H]([C@H](O)[C@H](O)CO)O2)[C@H]1O. The van der Waals surface area contributed by atoms with E-state index in [1.807, 2.05) is 19.6 Å². The van der Waals surface area contributed by atoms with Gasteiger partial charge in [0.1, 0.15) is 85.4 Å². The zero-order chi connectivity index (χ0) is 54.4. The summed E-state index contributed by atoms with van der Waals surface area (Å²) >= 11 is 0. The lowest BCUT2D eigenvalue weighted by Crippen LogP contribution is -2.71. The molecule has 0 aliphatic carbocycles. The predicted octanol–water partition coefficient (Wildman–Crippen LogP) is -8.54. The van der Waals surface area contributed by atoms with Gasteiger partial charge in [-0.25, -0.2) is 9.59 Å². The van der Waals surface area contributed by atoms with Crippen molar-refractivity contribution < 1.29 is 133 Å². The van der Waals surface area contributed by atoms with Gasteiger partial charge in [0.05, 0.1) is 50.7 Å². The molecule has 0 aromatic carbocycles. The third-order valence-corrected chi connectivity index (χ3v) is 14.2. The van der Waals surface area contributed by atoms with E-state index in [1.165, 1.54) is 0 Å². The molecule has 4 rings (SSSR count). The molecule has 0 unspecified atom stereocenters. The Morgan fingerprint density at radius 1 is 0.639 bits per heavy atom. The van der Waals surface area contributed by atoms with E-state index >= 15 is 0 Å². The normalized spacial score (nSPS) is 39.2. The van der Waals surface area contributed by atoms with Gasteiger partial charge in [-0.1, -0.05) is 19.6 Å². The van der Waals surface area contributed by atoms with Crippen molar-refractivity contribution in [3.05, 3.63) is 0 Å². The van der Waals surface area contributed by atoms with E-state index in [2.05, 4.69) is 16.0 Å². The number of amides is 3. The van der Waals surface area contributed by atoms with Crippen LogP contribution in [-0.2, 0) is 61.9 Å². The number of aliphatic carboxylic acids is 2. The molecule has 4 fully saturated rings. The number of aliphatic hydroxyl groups excluding tert-OH is 12. The first kappa shape index (κ1) is 61.3. The number of rotatable bonds is 23. The summed E-state index contributed by atoms with van der Waals surface area (Å²) < 4.78 is 46.8. The van der Waals surface area contributed by atoms with Crippen LogP contribution in [0.1, 0.15) is 33.6 Å². The van der Waals surface area contributed by atoms with E-state index in [0.717, 1.165) is 20.8 Å². The standard InChI is InChI=1S/C41H71N3O27Si/c1-15(48)42-24-18(51)9-40(38(60)61,69-33(24)27(55)20(53)11-45)65-14-23-30(58)32(26(44-17(3)50)36(67-23)64-7-8-72(4,5)6)68-37-31(59)35(29(57)22(13-47)66-37)71-41(39(62)63)10-19(52)25(43-16(2)49)34(70-41)28(56)21(54)12-46/h18-37,45-47,51-59H,7-14H2,1-6H3,(H,42,48)(H,43,49)(H,44,50)(H,60,61)(H,62,63)/t18-,19-,20+,21+,22+,23+,24+,25+,26+,27+,28+,29-,30-,31+,32+,33+,34+,35-,36+,37-,40+,41-/m0/s1. The third kappa shape index (κ3) is 14.6. The maximum absolute atomic E-state index is 13.1. The fourth-order valence-corrected chi connectivity index (χ4v) is 9.38. The van der Waals surface area contributed by atoms with Crippen LogP contribution in [-0.4, -0.2) is 276 Å². The summed E-state index contributed by atoms with van der Waals surface area (Å²) in [6.07, 6.45) is -36.8. The van der Waals surface area contributed by atoms with Gasteiger partial charge in [0, 0.05) is 48.3 Å². The van der Waals surface area contributed by atoms with Gasteiger partial charge in [0.2, 0.25) is 17.7 Å². The summed E-state index contributed by atoms with van der Waals surface area (Å²) in [5, 5.41) is 158. The zero-order valence-electron chi connectivity index (χ0n) is 40.3. The maximum Gasteiger partial charge on any atom is 0.364 e. The van der Waals surface area contributed by atoms with Gasteiger partial charge in [-0.2, -0.15) is 0 Å². The first-order chi connectivity index (χ1) is 33.5. The molecule has 22 atom stereocenters. The lowest BCUT2D eigenvalue weighted by molar-refractivity contribution is -0.382. The van der Waals surface area contributed by atoms with Gasteiger partial charge in [-0.05, 0) is 6.04 Å². The van der Waals surface area contributed by atoms with Crippen LogP contribution in [0.15, 0.2) is 0 Å². The number of carboxylic acids is 2. The quantitative estimate of drug-likeness (QED) is 0.0423. The molecule has 0 spiro atoms. The molecule has 4 aliphatic heterocycles. The number of hydrogen-bond acceptors (Lipinski definition) is 25. The van der Waals surface area contributed by atoms with Crippen LogP contribution in [0.2, 0.25) is 25.7 Å². The monoisotopic (exact) mass is 1070 g/mol. The van der Waals surface area contributed by atoms with Crippen LogP contribution < -0.4 is 16.0 Å². The second-order valence-corrected chi connectivity index (χ2v) is 25.0. The van der Waals surface area contributed by atoms with Gasteiger partial charge in [0.25, 0.3) is 11.6 Å². The molecule has 416 valence electrons. The maximum atomic E-state index is 13.1. The zero-order valence-corrected chi connectivity index (χ0v) is 41.3. The van der Waals surface area contributed by atoms with Crippen molar-refractivity contribution in [3.63, 3.8) is 0 Å². The number of carboxylic acid groups (broad SMARTS) is 2. The molecule has 0 aromatic heterocycles. The predicted molar refractivity (Wildman–Crippen MR) is 235 cm³/mol. The van der Waals surface area contributed by atoms with Gasteiger partial charge >= 0.3 is 11.9 Å². The van der Waals surface area contributed by atoms with Crippen molar-refractivity contribution in [1.29, 1.82) is 0 Å². The number of nitrogens with one attached hydrogen (secondary N) is 3. The fourth-order valence-electron chi connectivity index (χ4n) is 8.65. The van der Waals surface area contributed by atoms with Crippen molar-refractivity contribution in [2.45, 2.75) is 193 Å². The molecule has 0 radical (unpaired) electrons. The molecular formula is C41H71N3O27Si. The van der Waals surface area contributed by atoms with Crippen LogP contribution in [0.4, 0.5) is 0 Å². The highest BCUT2D eigenvalue weighted by molar-refractivity contribution is 6.76. The van der Waals surface area contributed by atoms with Crippen molar-refractivity contribution in [2.24, 2.45) is 0 Å². The molecule has 0 aromatic rings. The molecule has 3 amide bonds. The van der Waals surface area contributed by atoms with Crippen LogP contribution in [0.25, 0.3) is 0 Å². The minimum absolute atomic E-state index is 0.0489. The minimum Gasteiger partial charge on any atom is -0.477 e. The number of ether oxygens (including phenoxy) is 8. The minimum atomic E-state index is -3.18. The largest absolute Gasteiger partial charge is 0.477 e. The molecule has 4 saturated heterocycles. The highest BCUT2D eigenvalue weighted by atomic mass is 28.3. The van der Waals surface area contributed by atoms with E-state index in [1.54, 1.807) is 0 Å². The van der Waals surface area contributed by atoms with Crippen LogP contribution in [0, 0.1) is 0 Å².